The standard InChI is InChI=1S/C38H42N6O7S2/c1-37(2,3)51-36(49)42-26-11-8-6-4-5-7-10-23-20-38(23,35(47)48)43-31(45)28-19-24(21-44(28)34(26)46)50-32-30(29-12-9-16-52-29)40-27-18-22(13-14-25(27)41-32)33-39-15-17-53-33/h7,9-10,12-18,23-24,26,28H,4-6,8,11,19-21H2,1-3H3,(H,42,49)(H,43,45)(H,47,48)/b10-7-/t23?,24-,26+,28?,38?/m1/s1. The fourth-order valence-electron chi connectivity index (χ4n) is 6.95. The van der Waals surface area contributed by atoms with E-state index in [0.29, 0.717) is 29.6 Å². The summed E-state index contributed by atoms with van der Waals surface area (Å²) >= 11 is 3.01. The maximum absolute atomic E-state index is 14.4. The summed E-state index contributed by atoms with van der Waals surface area (Å²) in [6, 6.07) is 7.51. The first-order valence-electron chi connectivity index (χ1n) is 17.8. The van der Waals surface area contributed by atoms with Gasteiger partial charge >= 0.3 is 12.1 Å². The van der Waals surface area contributed by atoms with E-state index < -0.39 is 53.2 Å². The number of rotatable bonds is 6. The zero-order valence-electron chi connectivity index (χ0n) is 29.7. The Bertz CT molecular complexity index is 2030. The number of carbonyl (C=O) groups excluding carboxylic acids is 3. The van der Waals surface area contributed by atoms with Gasteiger partial charge in [0, 0.05) is 29.5 Å². The molecule has 53 heavy (non-hydrogen) atoms. The maximum atomic E-state index is 14.4. The van der Waals surface area contributed by atoms with Crippen LogP contribution >= 0.6 is 22.7 Å². The SMILES string of the molecule is CC(C)(C)OC(=O)N[C@H]1CCCCC/C=C\C2CC2(C(=O)O)NC(=O)C2C[C@@H](Oc3nc4ccc(-c5nccs5)cc4nc3-c3cccs3)CN2C1=O. The molecule has 0 spiro atoms. The molecule has 0 radical (unpaired) electrons. The van der Waals surface area contributed by atoms with Crippen LogP contribution in [-0.4, -0.2) is 84.7 Å². The van der Waals surface area contributed by atoms with Crippen LogP contribution in [0.15, 0.2) is 59.4 Å². The summed E-state index contributed by atoms with van der Waals surface area (Å²) in [7, 11) is 0. The van der Waals surface area contributed by atoms with Crippen LogP contribution in [-0.2, 0) is 19.1 Å². The van der Waals surface area contributed by atoms with Gasteiger partial charge in [-0.25, -0.2) is 24.5 Å². The Kier molecular flexibility index (Phi) is 10.2. The third-order valence-corrected chi connectivity index (χ3v) is 11.4. The molecule has 1 saturated heterocycles. The zero-order chi connectivity index (χ0) is 37.3. The molecule has 7 rings (SSSR count). The number of benzene rings is 1. The van der Waals surface area contributed by atoms with Crippen molar-refractivity contribution in [1.29, 1.82) is 0 Å². The van der Waals surface area contributed by atoms with Gasteiger partial charge in [0.15, 0.2) is 0 Å². The smallest absolute Gasteiger partial charge is 0.408 e. The van der Waals surface area contributed by atoms with E-state index >= 15 is 0 Å². The van der Waals surface area contributed by atoms with E-state index in [1.54, 1.807) is 27.0 Å². The summed E-state index contributed by atoms with van der Waals surface area (Å²) in [5.74, 6) is -2.29. The molecule has 3 unspecified atom stereocenters. The second-order valence-corrected chi connectivity index (χ2v) is 16.6. The van der Waals surface area contributed by atoms with Crippen LogP contribution in [0.2, 0.25) is 0 Å². The van der Waals surface area contributed by atoms with E-state index in [4.69, 9.17) is 19.4 Å². The molecule has 3 amide bonds. The number of aliphatic carboxylic acids is 1. The number of thiazole rings is 1. The van der Waals surface area contributed by atoms with E-state index in [1.807, 2.05) is 53.2 Å². The molecular formula is C38H42N6O7S2. The number of carbonyl (C=O) groups is 4. The number of carboxylic acids is 1. The van der Waals surface area contributed by atoms with E-state index in [0.717, 1.165) is 34.7 Å². The van der Waals surface area contributed by atoms with Crippen LogP contribution in [0.4, 0.5) is 4.79 Å². The Hall–Kier alpha value is -4.89. The Morgan fingerprint density at radius 3 is 2.66 bits per heavy atom. The lowest BCUT2D eigenvalue weighted by atomic mass is 10.0. The highest BCUT2D eigenvalue weighted by Crippen LogP contribution is 2.45. The Morgan fingerprint density at radius 1 is 1.08 bits per heavy atom. The van der Waals surface area contributed by atoms with Crippen LogP contribution in [0.1, 0.15) is 65.7 Å². The third kappa shape index (κ3) is 8.05. The van der Waals surface area contributed by atoms with Crippen LogP contribution in [0, 0.1) is 5.92 Å². The molecule has 3 aliphatic rings. The minimum Gasteiger partial charge on any atom is -0.479 e. The minimum absolute atomic E-state index is 0.000591. The van der Waals surface area contributed by atoms with Crippen molar-refractivity contribution < 1.29 is 33.8 Å². The first kappa shape index (κ1) is 36.5. The number of hydrogen-bond acceptors (Lipinski definition) is 11. The van der Waals surface area contributed by atoms with Gasteiger partial charge in [-0.3, -0.25) is 9.59 Å². The molecule has 5 atom stereocenters. The summed E-state index contributed by atoms with van der Waals surface area (Å²) in [5.41, 5.74) is 0.447. The lowest BCUT2D eigenvalue weighted by Crippen LogP contribution is -2.56. The van der Waals surface area contributed by atoms with Crippen LogP contribution in [0.25, 0.3) is 32.2 Å². The van der Waals surface area contributed by atoms with Gasteiger partial charge in [0.25, 0.3) is 0 Å². The average Bonchev–Trinajstić information content (AvgIpc) is 3.62. The minimum atomic E-state index is -1.46. The molecule has 3 N–H and O–H groups in total. The molecule has 1 aromatic carbocycles. The van der Waals surface area contributed by atoms with E-state index in [2.05, 4.69) is 15.6 Å². The van der Waals surface area contributed by atoms with Crippen molar-refractivity contribution >= 4 is 57.6 Å². The molecule has 1 saturated carbocycles. The lowest BCUT2D eigenvalue weighted by Gasteiger charge is -2.30. The van der Waals surface area contributed by atoms with Crippen molar-refractivity contribution in [2.24, 2.45) is 5.92 Å². The Labute approximate surface area is 314 Å². The van der Waals surface area contributed by atoms with Gasteiger partial charge in [-0.1, -0.05) is 31.1 Å². The van der Waals surface area contributed by atoms with Crippen molar-refractivity contribution in [3.05, 3.63) is 59.4 Å². The number of nitrogens with zero attached hydrogens (tertiary/aromatic N) is 4. The summed E-state index contributed by atoms with van der Waals surface area (Å²) in [6.07, 6.45) is 7.82. The summed E-state index contributed by atoms with van der Waals surface area (Å²) in [4.78, 5) is 70.5. The highest BCUT2D eigenvalue weighted by Gasteiger charge is 2.61. The van der Waals surface area contributed by atoms with Gasteiger partial charge in [-0.2, -0.15) is 0 Å². The van der Waals surface area contributed by atoms with Gasteiger partial charge in [0.2, 0.25) is 17.7 Å². The van der Waals surface area contributed by atoms with Crippen molar-refractivity contribution in [2.45, 2.75) is 95.0 Å². The molecule has 2 aliphatic heterocycles. The maximum Gasteiger partial charge on any atom is 0.408 e. The second kappa shape index (κ2) is 14.9. The first-order chi connectivity index (χ1) is 25.4. The molecule has 5 heterocycles. The van der Waals surface area contributed by atoms with E-state index in [9.17, 15) is 24.3 Å². The number of allylic oxidation sites excluding steroid dienone is 1. The number of carboxylic acid groups (broad SMARTS) is 1. The number of fused-ring (bicyclic) bond motifs is 3. The second-order valence-electron chi connectivity index (χ2n) is 14.7. The van der Waals surface area contributed by atoms with E-state index in [1.165, 1.54) is 27.6 Å². The quantitative estimate of drug-likeness (QED) is 0.192. The van der Waals surface area contributed by atoms with Crippen LogP contribution < -0.4 is 15.4 Å². The fourth-order valence-corrected chi connectivity index (χ4v) is 8.29. The summed E-state index contributed by atoms with van der Waals surface area (Å²) in [5, 5.41) is 20.5. The monoisotopic (exact) mass is 758 g/mol. The van der Waals surface area contributed by atoms with Crippen molar-refractivity contribution in [3.8, 4) is 27.0 Å². The highest BCUT2D eigenvalue weighted by molar-refractivity contribution is 7.13. The third-order valence-electron chi connectivity index (χ3n) is 9.66. The van der Waals surface area contributed by atoms with Crippen molar-refractivity contribution in [3.63, 3.8) is 0 Å². The number of amides is 3. The number of thiophene rings is 1. The molecular weight excluding hydrogens is 717 g/mol. The number of ether oxygens (including phenoxy) is 2. The highest BCUT2D eigenvalue weighted by atomic mass is 32.1. The normalized spacial score (nSPS) is 25.7. The van der Waals surface area contributed by atoms with Crippen LogP contribution in [0.3, 0.4) is 0 Å². The molecule has 2 fully saturated rings. The molecule has 13 nitrogen and oxygen atoms in total. The Morgan fingerprint density at radius 2 is 1.92 bits per heavy atom. The molecule has 15 heteroatoms. The molecule has 4 aromatic rings. The van der Waals surface area contributed by atoms with E-state index in [-0.39, 0.29) is 31.2 Å². The molecule has 3 aromatic heterocycles. The van der Waals surface area contributed by atoms with Gasteiger partial charge in [-0.05, 0) is 76.1 Å². The number of aromatic nitrogens is 3. The Balaban J connectivity index is 1.21. The number of alkyl carbamates (subject to hydrolysis) is 1. The van der Waals surface area contributed by atoms with Gasteiger partial charge < -0.3 is 30.1 Å². The molecule has 278 valence electrons. The number of nitrogens with one attached hydrogen (secondary N) is 2. The van der Waals surface area contributed by atoms with Crippen molar-refractivity contribution in [2.75, 3.05) is 6.54 Å². The zero-order valence-corrected chi connectivity index (χ0v) is 31.4. The lowest BCUT2D eigenvalue weighted by molar-refractivity contribution is -0.145. The van der Waals surface area contributed by atoms with Crippen LogP contribution in [0.5, 0.6) is 5.88 Å². The van der Waals surface area contributed by atoms with Crippen molar-refractivity contribution in [1.82, 2.24) is 30.5 Å². The topological polar surface area (TPSA) is 173 Å². The summed E-state index contributed by atoms with van der Waals surface area (Å²) < 4.78 is 12.1. The molecule has 1 aliphatic carbocycles. The average molecular weight is 759 g/mol. The summed E-state index contributed by atoms with van der Waals surface area (Å²) in [6.45, 7) is 5.22. The fraction of sp³-hybridized carbons (Fsp3) is 0.447. The predicted octanol–water partition coefficient (Wildman–Crippen LogP) is 6.20. The van der Waals surface area contributed by atoms with Gasteiger partial charge in [-0.15, -0.1) is 22.7 Å². The predicted molar refractivity (Wildman–Crippen MR) is 200 cm³/mol. The largest absolute Gasteiger partial charge is 0.479 e. The van der Waals surface area contributed by atoms with Gasteiger partial charge in [0.1, 0.15) is 40.0 Å². The number of hydrogen-bond donors (Lipinski definition) is 3. The first-order valence-corrected chi connectivity index (χ1v) is 19.6. The molecule has 0 bridgehead atoms. The van der Waals surface area contributed by atoms with Gasteiger partial charge in [0.05, 0.1) is 22.5 Å².